The smallest absolute Gasteiger partial charge is 0.464 e. The zero-order valence-corrected chi connectivity index (χ0v) is 11.8. The fraction of sp³-hybridized carbons (Fsp3) is 0.0667. The maximum Gasteiger partial charge on any atom is 0.486 e. The van der Waals surface area contributed by atoms with Crippen molar-refractivity contribution in [3.8, 4) is 11.3 Å². The zero-order chi connectivity index (χ0) is 17.3. The summed E-state index contributed by atoms with van der Waals surface area (Å²) in [7, 11) is 0. The SMILES string of the molecule is O=C(NC(F)(F)F)N(F)c1ccccc1-c1nccc2occc12. The number of amides is 2. The highest BCUT2D eigenvalue weighted by atomic mass is 19.4. The quantitative estimate of drug-likeness (QED) is 0.427. The van der Waals surface area contributed by atoms with Crippen molar-refractivity contribution in [1.82, 2.24) is 10.3 Å². The highest BCUT2D eigenvalue weighted by Gasteiger charge is 2.34. The first-order chi connectivity index (χ1) is 11.4. The summed E-state index contributed by atoms with van der Waals surface area (Å²) in [5, 5.41) is 0.530. The van der Waals surface area contributed by atoms with E-state index in [1.165, 1.54) is 30.7 Å². The molecule has 2 aromatic heterocycles. The van der Waals surface area contributed by atoms with E-state index >= 15 is 0 Å². The predicted octanol–water partition coefficient (Wildman–Crippen LogP) is 4.42. The molecule has 3 aromatic rings. The van der Waals surface area contributed by atoms with Gasteiger partial charge in [-0.1, -0.05) is 22.7 Å². The number of hydrogen-bond donors (Lipinski definition) is 1. The second-order valence-corrected chi connectivity index (χ2v) is 4.72. The molecule has 3 rings (SSSR count). The number of urea groups is 1. The van der Waals surface area contributed by atoms with Gasteiger partial charge in [-0.2, -0.15) is 13.2 Å². The van der Waals surface area contributed by atoms with Crippen LogP contribution in [0.5, 0.6) is 0 Å². The molecule has 0 atom stereocenters. The van der Waals surface area contributed by atoms with Gasteiger partial charge in [-0.05, 0) is 18.2 Å². The van der Waals surface area contributed by atoms with Gasteiger partial charge in [0, 0.05) is 17.1 Å². The zero-order valence-electron chi connectivity index (χ0n) is 11.8. The van der Waals surface area contributed by atoms with Gasteiger partial charge in [-0.3, -0.25) is 4.98 Å². The minimum atomic E-state index is -5.04. The molecule has 1 N–H and O–H groups in total. The molecule has 2 heterocycles. The van der Waals surface area contributed by atoms with Gasteiger partial charge in [-0.25, -0.2) is 10.1 Å². The van der Waals surface area contributed by atoms with Gasteiger partial charge in [0.2, 0.25) is 0 Å². The molecule has 9 heteroatoms. The van der Waals surface area contributed by atoms with Crippen molar-refractivity contribution >= 4 is 22.7 Å². The number of nitrogens with one attached hydrogen (secondary N) is 1. The van der Waals surface area contributed by atoms with Crippen LogP contribution < -0.4 is 10.4 Å². The normalized spacial score (nSPS) is 11.5. The average Bonchev–Trinajstić information content (AvgIpc) is 3.01. The summed E-state index contributed by atoms with van der Waals surface area (Å²) < 4.78 is 56.1. The minimum Gasteiger partial charge on any atom is -0.464 e. The van der Waals surface area contributed by atoms with Crippen molar-refractivity contribution in [2.75, 3.05) is 5.12 Å². The van der Waals surface area contributed by atoms with Gasteiger partial charge in [0.1, 0.15) is 5.58 Å². The van der Waals surface area contributed by atoms with Gasteiger partial charge in [-0.15, -0.1) is 5.12 Å². The van der Waals surface area contributed by atoms with E-state index < -0.39 is 17.5 Å². The molecule has 124 valence electrons. The number of anilines is 1. The van der Waals surface area contributed by atoms with Crippen molar-refractivity contribution in [3.63, 3.8) is 0 Å². The molecule has 0 aliphatic rings. The van der Waals surface area contributed by atoms with Crippen LogP contribution in [0.2, 0.25) is 0 Å². The number of nitrogens with zero attached hydrogens (tertiary/aromatic N) is 2. The number of aromatic nitrogens is 1. The molecule has 24 heavy (non-hydrogen) atoms. The first-order valence-electron chi connectivity index (χ1n) is 6.63. The monoisotopic (exact) mass is 339 g/mol. The maximum absolute atomic E-state index is 14.2. The van der Waals surface area contributed by atoms with Crippen LogP contribution in [-0.4, -0.2) is 17.3 Å². The van der Waals surface area contributed by atoms with E-state index in [0.717, 1.165) is 0 Å². The second kappa shape index (κ2) is 5.84. The molecule has 0 radical (unpaired) electrons. The summed E-state index contributed by atoms with van der Waals surface area (Å²) in [6.07, 6.45) is -2.22. The number of rotatable bonds is 2. The summed E-state index contributed by atoms with van der Waals surface area (Å²) in [6, 6.07) is 6.78. The maximum atomic E-state index is 14.2. The number of fused-ring (bicyclic) bond motifs is 1. The number of pyridine rings is 1. The molecular formula is C15H9F4N3O2. The van der Waals surface area contributed by atoms with Gasteiger partial charge in [0.15, 0.2) is 0 Å². The first kappa shape index (κ1) is 15.8. The molecule has 0 spiro atoms. The summed E-state index contributed by atoms with van der Waals surface area (Å²) >= 11 is 0. The van der Waals surface area contributed by atoms with Gasteiger partial charge in [0.25, 0.3) is 0 Å². The number of para-hydroxylation sites is 1. The van der Waals surface area contributed by atoms with Crippen molar-refractivity contribution in [1.29, 1.82) is 0 Å². The minimum absolute atomic E-state index is 0.143. The lowest BCUT2D eigenvalue weighted by atomic mass is 10.1. The molecule has 0 fully saturated rings. The number of carbonyl (C=O) groups is 1. The number of alkyl halides is 3. The molecule has 0 saturated heterocycles. The Morgan fingerprint density at radius 3 is 2.67 bits per heavy atom. The van der Waals surface area contributed by atoms with E-state index in [4.69, 9.17) is 4.42 Å². The molecule has 5 nitrogen and oxygen atoms in total. The Kier molecular flexibility index (Phi) is 3.84. The predicted molar refractivity (Wildman–Crippen MR) is 77.6 cm³/mol. The van der Waals surface area contributed by atoms with E-state index in [2.05, 4.69) is 4.98 Å². The Hall–Kier alpha value is -3.10. The van der Waals surface area contributed by atoms with E-state index in [9.17, 15) is 22.4 Å². The third-order valence-corrected chi connectivity index (χ3v) is 3.18. The molecule has 0 unspecified atom stereocenters. The van der Waals surface area contributed by atoms with E-state index in [-0.39, 0.29) is 16.9 Å². The van der Waals surface area contributed by atoms with Crippen molar-refractivity contribution < 1.29 is 26.9 Å². The van der Waals surface area contributed by atoms with Crippen LogP contribution in [0.25, 0.3) is 22.2 Å². The molecule has 0 bridgehead atoms. The lowest BCUT2D eigenvalue weighted by Gasteiger charge is -2.17. The summed E-state index contributed by atoms with van der Waals surface area (Å²) in [5.74, 6) is 0. The first-order valence-corrected chi connectivity index (χ1v) is 6.63. The van der Waals surface area contributed by atoms with Gasteiger partial charge in [0.05, 0.1) is 17.6 Å². The lowest BCUT2D eigenvalue weighted by molar-refractivity contribution is -0.145. The van der Waals surface area contributed by atoms with Crippen molar-refractivity contribution in [3.05, 3.63) is 48.9 Å². The van der Waals surface area contributed by atoms with Crippen LogP contribution in [0.4, 0.5) is 28.1 Å². The second-order valence-electron chi connectivity index (χ2n) is 4.72. The molecule has 0 aliphatic heterocycles. The van der Waals surface area contributed by atoms with E-state index in [1.54, 1.807) is 18.2 Å². The van der Waals surface area contributed by atoms with Gasteiger partial charge >= 0.3 is 12.3 Å². The summed E-state index contributed by atoms with van der Waals surface area (Å²) in [4.78, 5) is 15.6. The Morgan fingerprint density at radius 2 is 1.92 bits per heavy atom. The van der Waals surface area contributed by atoms with Crippen LogP contribution >= 0.6 is 0 Å². The van der Waals surface area contributed by atoms with Crippen LogP contribution in [0.1, 0.15) is 0 Å². The van der Waals surface area contributed by atoms with Gasteiger partial charge < -0.3 is 4.42 Å². The average molecular weight is 339 g/mol. The molecule has 2 amide bonds. The highest BCUT2D eigenvalue weighted by molar-refractivity contribution is 5.99. The summed E-state index contributed by atoms with van der Waals surface area (Å²) in [5.41, 5.74) is 0.518. The molecular weight excluding hydrogens is 330 g/mol. The van der Waals surface area contributed by atoms with Crippen LogP contribution in [-0.2, 0) is 0 Å². The topological polar surface area (TPSA) is 58.4 Å². The standard InChI is InChI=1S/C15H9F4N3O2/c16-15(17,18)21-14(23)22(19)11-4-2-1-3-9(11)13-10-6-8-24-12(10)5-7-20-13/h1-8H,(H,21,23). The summed E-state index contributed by atoms with van der Waals surface area (Å²) in [6.45, 7) is 0. The lowest BCUT2D eigenvalue weighted by Crippen LogP contribution is -2.43. The molecule has 0 aliphatic carbocycles. The highest BCUT2D eigenvalue weighted by Crippen LogP contribution is 2.34. The van der Waals surface area contributed by atoms with Crippen LogP contribution in [0, 0.1) is 0 Å². The Labute approximate surface area is 132 Å². The van der Waals surface area contributed by atoms with Crippen LogP contribution in [0.3, 0.4) is 0 Å². The van der Waals surface area contributed by atoms with E-state index in [1.807, 2.05) is 0 Å². The third-order valence-electron chi connectivity index (χ3n) is 3.18. The number of halogens is 4. The number of furan rings is 1. The van der Waals surface area contributed by atoms with E-state index in [0.29, 0.717) is 16.3 Å². The Morgan fingerprint density at radius 1 is 1.17 bits per heavy atom. The Balaban J connectivity index is 2.06. The van der Waals surface area contributed by atoms with Crippen molar-refractivity contribution in [2.45, 2.75) is 6.30 Å². The fourth-order valence-corrected chi connectivity index (χ4v) is 2.23. The largest absolute Gasteiger partial charge is 0.486 e. The Bertz CT molecular complexity index is 892. The number of benzene rings is 1. The van der Waals surface area contributed by atoms with Crippen molar-refractivity contribution in [2.24, 2.45) is 0 Å². The third kappa shape index (κ3) is 3.00. The number of carbonyl (C=O) groups excluding carboxylic acids is 1. The fourth-order valence-electron chi connectivity index (χ4n) is 2.23. The van der Waals surface area contributed by atoms with Crippen LogP contribution in [0.15, 0.2) is 53.3 Å². The number of hydrogen-bond acceptors (Lipinski definition) is 3. The molecule has 1 aromatic carbocycles. The molecule has 0 saturated carbocycles.